The average molecular weight is 702 g/mol. The Bertz CT molecular complexity index is 1950. The van der Waals surface area contributed by atoms with Gasteiger partial charge in [-0.05, 0) is 67.6 Å². The summed E-state index contributed by atoms with van der Waals surface area (Å²) in [6, 6.07) is 29.7. The Kier molecular flexibility index (Phi) is 10.5. The van der Waals surface area contributed by atoms with Crippen LogP contribution in [0.25, 0.3) is 11.0 Å². The van der Waals surface area contributed by atoms with Gasteiger partial charge in [-0.25, -0.2) is 0 Å². The number of hydrogen-bond acceptors (Lipinski definition) is 8. The van der Waals surface area contributed by atoms with Gasteiger partial charge in [0.1, 0.15) is 17.4 Å². The molecule has 52 heavy (non-hydrogen) atoms. The highest BCUT2D eigenvalue weighted by Gasteiger charge is 2.41. The number of anilines is 1. The molecule has 2 aliphatic rings. The van der Waals surface area contributed by atoms with Crippen molar-refractivity contribution in [1.82, 2.24) is 20.1 Å². The number of amides is 2. The summed E-state index contributed by atoms with van der Waals surface area (Å²) in [5.74, 6) is -0.150. The fourth-order valence-corrected chi connectivity index (χ4v) is 7.76. The van der Waals surface area contributed by atoms with Crippen LogP contribution < -0.4 is 10.6 Å². The third-order valence-corrected chi connectivity index (χ3v) is 10.7. The van der Waals surface area contributed by atoms with Gasteiger partial charge in [-0.2, -0.15) is 0 Å². The van der Waals surface area contributed by atoms with E-state index in [2.05, 4.69) is 34.4 Å². The Hall–Kier alpha value is -4.87. The first-order valence-corrected chi connectivity index (χ1v) is 18.1. The number of piperazine rings is 1. The summed E-state index contributed by atoms with van der Waals surface area (Å²) < 4.78 is 6.27. The van der Waals surface area contributed by atoms with E-state index < -0.39 is 35.7 Å². The molecular formula is C42H47N5O5. The molecule has 7 rings (SSSR count). The van der Waals surface area contributed by atoms with Gasteiger partial charge >= 0.3 is 0 Å². The summed E-state index contributed by atoms with van der Waals surface area (Å²) in [5, 5.41) is 29.7. The van der Waals surface area contributed by atoms with E-state index >= 15 is 0 Å². The second-order valence-electron chi connectivity index (χ2n) is 14.6. The number of benzene rings is 3. The molecule has 1 aliphatic carbocycles. The third kappa shape index (κ3) is 7.80. The number of furan rings is 1. The molecule has 1 aliphatic heterocycles. The number of β-amino-alcohol motifs (C(OH)–C–C–N with tert-alkyl or cyclic N) is 1. The first kappa shape index (κ1) is 35.5. The van der Waals surface area contributed by atoms with E-state index in [1.165, 1.54) is 0 Å². The van der Waals surface area contributed by atoms with Crippen molar-refractivity contribution in [2.45, 2.75) is 62.9 Å². The van der Waals surface area contributed by atoms with E-state index in [4.69, 9.17) is 4.42 Å². The van der Waals surface area contributed by atoms with Gasteiger partial charge in [-0.1, -0.05) is 72.8 Å². The van der Waals surface area contributed by atoms with Crippen molar-refractivity contribution in [2.24, 2.45) is 5.92 Å². The number of nitrogens with zero attached hydrogens (tertiary/aromatic N) is 3. The van der Waals surface area contributed by atoms with Crippen LogP contribution in [0.15, 0.2) is 114 Å². The summed E-state index contributed by atoms with van der Waals surface area (Å²) in [6.07, 6.45) is 2.99. The molecule has 270 valence electrons. The number of nitrogens with one attached hydrogen (secondary N) is 2. The Morgan fingerprint density at radius 1 is 0.981 bits per heavy atom. The number of carbonyl (C=O) groups excluding carboxylic acids is 2. The SMILES string of the molecule is CC(C)(c1cc2cnccc2o1)N1CCN(C[C@@H](O)C[C@@H](Cc2ccccc2)C(=O)N[C@H]2c3ccccc3C[C@H]2O)[C@H](C(=O)Nc2ccccc2)C1. The fourth-order valence-electron chi connectivity index (χ4n) is 7.76. The van der Waals surface area contributed by atoms with Crippen molar-refractivity contribution in [2.75, 3.05) is 31.5 Å². The quantitative estimate of drug-likeness (QED) is 0.142. The summed E-state index contributed by atoms with van der Waals surface area (Å²) in [5.41, 5.74) is 3.87. The summed E-state index contributed by atoms with van der Waals surface area (Å²) >= 11 is 0. The van der Waals surface area contributed by atoms with Crippen LogP contribution >= 0.6 is 0 Å². The van der Waals surface area contributed by atoms with E-state index in [0.29, 0.717) is 38.2 Å². The molecule has 2 aromatic heterocycles. The van der Waals surface area contributed by atoms with Gasteiger partial charge in [0, 0.05) is 62.0 Å². The predicted molar refractivity (Wildman–Crippen MR) is 200 cm³/mol. The first-order valence-electron chi connectivity index (χ1n) is 18.1. The molecule has 1 fully saturated rings. The van der Waals surface area contributed by atoms with Crippen molar-refractivity contribution in [3.05, 3.63) is 132 Å². The van der Waals surface area contributed by atoms with Crippen LogP contribution in [0.3, 0.4) is 0 Å². The number of pyridine rings is 1. The largest absolute Gasteiger partial charge is 0.459 e. The van der Waals surface area contributed by atoms with Crippen molar-refractivity contribution >= 4 is 28.5 Å². The molecule has 4 N–H and O–H groups in total. The van der Waals surface area contributed by atoms with Gasteiger partial charge in [-0.15, -0.1) is 0 Å². The smallest absolute Gasteiger partial charge is 0.243 e. The molecule has 5 atom stereocenters. The van der Waals surface area contributed by atoms with Crippen LogP contribution in [0.4, 0.5) is 5.69 Å². The highest BCUT2D eigenvalue weighted by atomic mass is 16.3. The minimum atomic E-state index is -0.894. The lowest BCUT2D eigenvalue weighted by Gasteiger charge is -2.47. The lowest BCUT2D eigenvalue weighted by atomic mass is 9.91. The topological polar surface area (TPSA) is 131 Å². The summed E-state index contributed by atoms with van der Waals surface area (Å²) in [4.78, 5) is 36.5. The molecule has 0 unspecified atom stereocenters. The van der Waals surface area contributed by atoms with E-state index in [9.17, 15) is 19.8 Å². The standard InChI is InChI=1S/C42H47N5O5/c1-42(2,38-24-31-25-43-18-17-37(31)52-38)47-20-19-46(35(27-47)41(51)44-32-14-7-4-8-15-32)26-33(48)22-30(21-28-11-5-3-6-12-28)40(50)45-39-34-16-10-9-13-29(34)23-36(39)49/h3-18,24-25,30,33,35-36,39,48-49H,19-23,26-27H2,1-2H3,(H,44,51)(H,45,50)/t30-,33+,35+,36-,39+/m1/s1. The lowest BCUT2D eigenvalue weighted by molar-refractivity contribution is -0.129. The number of rotatable bonds is 12. The maximum Gasteiger partial charge on any atom is 0.243 e. The molecule has 10 nitrogen and oxygen atoms in total. The monoisotopic (exact) mass is 701 g/mol. The second kappa shape index (κ2) is 15.4. The second-order valence-corrected chi connectivity index (χ2v) is 14.6. The van der Waals surface area contributed by atoms with Crippen molar-refractivity contribution < 1.29 is 24.2 Å². The molecule has 0 spiro atoms. The number of para-hydroxylation sites is 1. The summed E-state index contributed by atoms with van der Waals surface area (Å²) in [7, 11) is 0. The lowest BCUT2D eigenvalue weighted by Crippen LogP contribution is -2.62. The molecular weight excluding hydrogens is 654 g/mol. The van der Waals surface area contributed by atoms with Crippen LogP contribution in [0, 0.1) is 5.92 Å². The van der Waals surface area contributed by atoms with Crippen LogP contribution in [-0.4, -0.2) is 81.2 Å². The molecule has 3 aromatic carbocycles. The Morgan fingerprint density at radius 2 is 1.71 bits per heavy atom. The molecule has 5 aromatic rings. The molecule has 0 radical (unpaired) electrons. The molecule has 0 bridgehead atoms. The molecule has 3 heterocycles. The Labute approximate surface area is 304 Å². The van der Waals surface area contributed by atoms with Gasteiger partial charge < -0.3 is 25.3 Å². The van der Waals surface area contributed by atoms with E-state index in [0.717, 1.165) is 33.4 Å². The van der Waals surface area contributed by atoms with E-state index in [1.54, 1.807) is 12.4 Å². The first-order chi connectivity index (χ1) is 25.2. The molecule has 2 amide bonds. The number of aromatic nitrogens is 1. The highest BCUT2D eigenvalue weighted by molar-refractivity contribution is 5.95. The van der Waals surface area contributed by atoms with Crippen LogP contribution in [-0.2, 0) is 28.0 Å². The molecule has 10 heteroatoms. The zero-order chi connectivity index (χ0) is 36.2. The highest BCUT2D eigenvalue weighted by Crippen LogP contribution is 2.35. The van der Waals surface area contributed by atoms with Gasteiger partial charge in [0.15, 0.2) is 0 Å². The Balaban J connectivity index is 1.09. The average Bonchev–Trinajstić information content (AvgIpc) is 3.73. The number of aliphatic hydroxyl groups is 2. The van der Waals surface area contributed by atoms with Crippen molar-refractivity contribution in [3.8, 4) is 0 Å². The van der Waals surface area contributed by atoms with Gasteiger partial charge in [0.2, 0.25) is 11.8 Å². The molecule has 1 saturated heterocycles. The van der Waals surface area contributed by atoms with Gasteiger partial charge in [0.05, 0.1) is 23.8 Å². The zero-order valence-electron chi connectivity index (χ0n) is 29.7. The third-order valence-electron chi connectivity index (χ3n) is 10.7. The minimum absolute atomic E-state index is 0.167. The normalized spacial score (nSPS) is 20.7. The van der Waals surface area contributed by atoms with E-state index in [1.807, 2.05) is 102 Å². The maximum atomic E-state index is 14.0. The fraction of sp³-hybridized carbons (Fsp3) is 0.357. The van der Waals surface area contributed by atoms with Gasteiger partial charge in [-0.3, -0.25) is 24.4 Å². The maximum absolute atomic E-state index is 14.0. The zero-order valence-corrected chi connectivity index (χ0v) is 29.7. The number of aliphatic hydroxyl groups excluding tert-OH is 2. The van der Waals surface area contributed by atoms with Crippen LogP contribution in [0.2, 0.25) is 0 Å². The van der Waals surface area contributed by atoms with Crippen molar-refractivity contribution in [3.63, 3.8) is 0 Å². The number of hydrogen-bond donors (Lipinski definition) is 4. The minimum Gasteiger partial charge on any atom is -0.459 e. The summed E-state index contributed by atoms with van der Waals surface area (Å²) in [6.45, 7) is 5.97. The predicted octanol–water partition coefficient (Wildman–Crippen LogP) is 5.07. The number of carbonyl (C=O) groups is 2. The van der Waals surface area contributed by atoms with Gasteiger partial charge in [0.25, 0.3) is 0 Å². The van der Waals surface area contributed by atoms with Crippen molar-refractivity contribution in [1.29, 1.82) is 0 Å². The van der Waals surface area contributed by atoms with Crippen LogP contribution in [0.5, 0.6) is 0 Å². The van der Waals surface area contributed by atoms with E-state index in [-0.39, 0.29) is 24.8 Å². The molecule has 0 saturated carbocycles. The van der Waals surface area contributed by atoms with Crippen LogP contribution in [0.1, 0.15) is 48.8 Å². The Morgan fingerprint density at radius 3 is 2.48 bits per heavy atom. The number of fused-ring (bicyclic) bond motifs is 2.